The first-order chi connectivity index (χ1) is 7.22. The first kappa shape index (κ1) is 10.9. The fourth-order valence-electron chi connectivity index (χ4n) is 2.16. The normalized spacial score (nSPS) is 31.1. The second-order valence-electron chi connectivity index (χ2n) is 4.70. The highest BCUT2D eigenvalue weighted by Gasteiger charge is 2.50. The van der Waals surface area contributed by atoms with Crippen molar-refractivity contribution in [1.29, 1.82) is 0 Å². The average Bonchev–Trinajstić information content (AvgIpc) is 3.02. The molecule has 0 saturated heterocycles. The van der Waals surface area contributed by atoms with E-state index in [0.717, 1.165) is 12.3 Å². The molecule has 2 rings (SSSR count). The van der Waals surface area contributed by atoms with E-state index in [9.17, 15) is 9.90 Å². The van der Waals surface area contributed by atoms with Crippen LogP contribution in [-0.4, -0.2) is 37.4 Å². The number of carbonyl (C=O) groups excluding carboxylic acids is 1. The molecule has 2 aliphatic rings. The van der Waals surface area contributed by atoms with Gasteiger partial charge in [-0.1, -0.05) is 0 Å². The van der Waals surface area contributed by atoms with Crippen molar-refractivity contribution in [1.82, 2.24) is 5.32 Å². The molecule has 2 aliphatic carbocycles. The first-order valence-electron chi connectivity index (χ1n) is 5.67. The van der Waals surface area contributed by atoms with Gasteiger partial charge in [0.15, 0.2) is 0 Å². The number of amides is 1. The van der Waals surface area contributed by atoms with Crippen LogP contribution >= 0.6 is 0 Å². The summed E-state index contributed by atoms with van der Waals surface area (Å²) < 4.78 is 4.78. The molecule has 3 atom stereocenters. The standard InChI is InChI=1S/C11H19NO3/c1-15-6-8(13)5-12-11(14)10-4-9(10)7-2-3-7/h7-10,13H,2-6H2,1H3,(H,12,14). The third-order valence-electron chi connectivity index (χ3n) is 3.28. The number of hydrogen-bond donors (Lipinski definition) is 2. The maximum atomic E-state index is 11.6. The Morgan fingerprint density at radius 3 is 2.93 bits per heavy atom. The molecular weight excluding hydrogens is 194 g/mol. The molecule has 1 amide bonds. The van der Waals surface area contributed by atoms with Gasteiger partial charge >= 0.3 is 0 Å². The smallest absolute Gasteiger partial charge is 0.223 e. The predicted octanol–water partition coefficient (Wildman–Crippen LogP) is 0.156. The van der Waals surface area contributed by atoms with Crippen molar-refractivity contribution in [2.24, 2.45) is 17.8 Å². The summed E-state index contributed by atoms with van der Waals surface area (Å²) in [6.07, 6.45) is 3.08. The van der Waals surface area contributed by atoms with Gasteiger partial charge in [0, 0.05) is 19.6 Å². The summed E-state index contributed by atoms with van der Waals surface area (Å²) >= 11 is 0. The Labute approximate surface area is 90.0 Å². The predicted molar refractivity (Wildman–Crippen MR) is 55.2 cm³/mol. The van der Waals surface area contributed by atoms with Crippen LogP contribution in [0.5, 0.6) is 0 Å². The van der Waals surface area contributed by atoms with Crippen LogP contribution in [0.15, 0.2) is 0 Å². The van der Waals surface area contributed by atoms with Gasteiger partial charge in [0.25, 0.3) is 0 Å². The number of methoxy groups -OCH3 is 1. The zero-order valence-electron chi connectivity index (χ0n) is 9.11. The second kappa shape index (κ2) is 4.49. The Kier molecular flexibility index (Phi) is 3.26. The maximum absolute atomic E-state index is 11.6. The van der Waals surface area contributed by atoms with Crippen LogP contribution in [0.4, 0.5) is 0 Å². The van der Waals surface area contributed by atoms with Gasteiger partial charge in [-0.2, -0.15) is 0 Å². The molecule has 4 heteroatoms. The lowest BCUT2D eigenvalue weighted by molar-refractivity contribution is -0.123. The minimum Gasteiger partial charge on any atom is -0.389 e. The van der Waals surface area contributed by atoms with Crippen molar-refractivity contribution < 1.29 is 14.6 Å². The van der Waals surface area contributed by atoms with E-state index in [0.29, 0.717) is 12.5 Å². The van der Waals surface area contributed by atoms with Crippen LogP contribution in [-0.2, 0) is 9.53 Å². The second-order valence-corrected chi connectivity index (χ2v) is 4.70. The van der Waals surface area contributed by atoms with Gasteiger partial charge in [0.05, 0.1) is 12.7 Å². The maximum Gasteiger partial charge on any atom is 0.223 e. The van der Waals surface area contributed by atoms with Gasteiger partial charge in [0.2, 0.25) is 5.91 Å². The van der Waals surface area contributed by atoms with E-state index in [1.807, 2.05) is 0 Å². The minimum absolute atomic E-state index is 0.113. The number of nitrogens with one attached hydrogen (secondary N) is 1. The summed E-state index contributed by atoms with van der Waals surface area (Å²) in [5, 5.41) is 12.1. The van der Waals surface area contributed by atoms with E-state index >= 15 is 0 Å². The van der Waals surface area contributed by atoms with Gasteiger partial charge in [0.1, 0.15) is 0 Å². The lowest BCUT2D eigenvalue weighted by Crippen LogP contribution is -2.35. The summed E-state index contributed by atoms with van der Waals surface area (Å²) in [7, 11) is 1.54. The number of aliphatic hydroxyl groups is 1. The van der Waals surface area contributed by atoms with Crippen LogP contribution in [0.25, 0.3) is 0 Å². The topological polar surface area (TPSA) is 58.6 Å². The molecule has 0 aromatic carbocycles. The number of aliphatic hydroxyl groups excluding tert-OH is 1. The third kappa shape index (κ3) is 2.92. The van der Waals surface area contributed by atoms with E-state index in [2.05, 4.69) is 5.32 Å². The Morgan fingerprint density at radius 1 is 1.60 bits per heavy atom. The summed E-state index contributed by atoms with van der Waals surface area (Å²) in [5.41, 5.74) is 0. The first-order valence-corrected chi connectivity index (χ1v) is 5.67. The molecule has 86 valence electrons. The van der Waals surface area contributed by atoms with Crippen LogP contribution in [0, 0.1) is 17.8 Å². The monoisotopic (exact) mass is 213 g/mol. The lowest BCUT2D eigenvalue weighted by atomic mass is 10.2. The molecule has 2 fully saturated rings. The van der Waals surface area contributed by atoms with Crippen LogP contribution in [0.3, 0.4) is 0 Å². The van der Waals surface area contributed by atoms with Gasteiger partial charge in [-0.05, 0) is 31.1 Å². The highest BCUT2D eigenvalue weighted by molar-refractivity contribution is 5.81. The van der Waals surface area contributed by atoms with E-state index in [1.165, 1.54) is 20.0 Å². The molecule has 2 saturated carbocycles. The highest BCUT2D eigenvalue weighted by Crippen LogP contribution is 2.54. The fraction of sp³-hybridized carbons (Fsp3) is 0.909. The number of carbonyl (C=O) groups is 1. The quantitative estimate of drug-likeness (QED) is 0.660. The largest absolute Gasteiger partial charge is 0.389 e. The molecule has 4 nitrogen and oxygen atoms in total. The van der Waals surface area contributed by atoms with Crippen molar-refractivity contribution in [2.45, 2.75) is 25.4 Å². The average molecular weight is 213 g/mol. The highest BCUT2D eigenvalue weighted by atomic mass is 16.5. The van der Waals surface area contributed by atoms with Crippen molar-refractivity contribution in [3.63, 3.8) is 0 Å². The van der Waals surface area contributed by atoms with Crippen molar-refractivity contribution in [3.05, 3.63) is 0 Å². The molecular formula is C11H19NO3. The summed E-state index contributed by atoms with van der Waals surface area (Å²) in [6.45, 7) is 0.581. The van der Waals surface area contributed by atoms with E-state index < -0.39 is 6.10 Å². The molecule has 0 aliphatic heterocycles. The Balaban J connectivity index is 1.61. The van der Waals surface area contributed by atoms with Crippen LogP contribution in [0.1, 0.15) is 19.3 Å². The van der Waals surface area contributed by atoms with Crippen molar-refractivity contribution >= 4 is 5.91 Å². The fourth-order valence-corrected chi connectivity index (χ4v) is 2.16. The SMILES string of the molecule is COCC(O)CNC(=O)C1CC1C1CC1. The molecule has 15 heavy (non-hydrogen) atoms. The molecule has 0 radical (unpaired) electrons. The molecule has 0 aromatic rings. The zero-order chi connectivity index (χ0) is 10.8. The number of hydrogen-bond acceptors (Lipinski definition) is 3. The number of ether oxygens (including phenoxy) is 1. The summed E-state index contributed by atoms with van der Waals surface area (Å²) in [5.74, 6) is 1.81. The Hall–Kier alpha value is -0.610. The zero-order valence-corrected chi connectivity index (χ0v) is 9.11. The van der Waals surface area contributed by atoms with E-state index in [4.69, 9.17) is 4.74 Å². The van der Waals surface area contributed by atoms with Gasteiger partial charge in [-0.15, -0.1) is 0 Å². The number of rotatable bonds is 6. The van der Waals surface area contributed by atoms with Gasteiger partial charge < -0.3 is 15.2 Å². The Morgan fingerprint density at radius 2 is 2.33 bits per heavy atom. The van der Waals surface area contributed by atoms with Crippen LogP contribution < -0.4 is 5.32 Å². The molecule has 0 bridgehead atoms. The van der Waals surface area contributed by atoms with Crippen molar-refractivity contribution in [2.75, 3.05) is 20.3 Å². The molecule has 0 aromatic heterocycles. The lowest BCUT2D eigenvalue weighted by Gasteiger charge is -2.10. The summed E-state index contributed by atoms with van der Waals surface area (Å²) in [6, 6.07) is 0. The molecule has 3 unspecified atom stereocenters. The van der Waals surface area contributed by atoms with E-state index in [-0.39, 0.29) is 18.4 Å². The molecule has 2 N–H and O–H groups in total. The van der Waals surface area contributed by atoms with Crippen LogP contribution in [0.2, 0.25) is 0 Å². The minimum atomic E-state index is -0.586. The Bertz CT molecular complexity index is 240. The third-order valence-corrected chi connectivity index (χ3v) is 3.28. The van der Waals surface area contributed by atoms with Crippen molar-refractivity contribution in [3.8, 4) is 0 Å². The van der Waals surface area contributed by atoms with E-state index in [1.54, 1.807) is 0 Å². The van der Waals surface area contributed by atoms with Gasteiger partial charge in [-0.3, -0.25) is 4.79 Å². The molecule has 0 heterocycles. The summed E-state index contributed by atoms with van der Waals surface area (Å²) in [4.78, 5) is 11.6. The molecule has 0 spiro atoms. The van der Waals surface area contributed by atoms with Gasteiger partial charge in [-0.25, -0.2) is 0 Å².